The highest BCUT2D eigenvalue weighted by atomic mass is 35.5. The quantitative estimate of drug-likeness (QED) is 0.486. The maximum atomic E-state index is 11.8. The molecule has 0 saturated heterocycles. The summed E-state index contributed by atoms with van der Waals surface area (Å²) in [5.41, 5.74) is 6.26. The van der Waals surface area contributed by atoms with E-state index in [4.69, 9.17) is 10.8 Å². The minimum absolute atomic E-state index is 0. The Morgan fingerprint density at radius 3 is 2.70 bits per heavy atom. The Morgan fingerprint density at radius 1 is 1.40 bits per heavy atom. The van der Waals surface area contributed by atoms with Crippen LogP contribution < -0.4 is 11.1 Å². The van der Waals surface area contributed by atoms with Crippen LogP contribution in [-0.2, 0) is 0 Å². The molecule has 0 aliphatic carbocycles. The smallest absolute Gasteiger partial charge is 0.336 e. The molecule has 7 nitrogen and oxygen atoms in total. The molecule has 0 atom stereocenters. The molecular formula is C12H13ClN4O3. The summed E-state index contributed by atoms with van der Waals surface area (Å²) in [6, 6.07) is 6.21. The number of carboxylic acids is 1. The van der Waals surface area contributed by atoms with Gasteiger partial charge in [0.2, 0.25) is 0 Å². The van der Waals surface area contributed by atoms with Crippen molar-refractivity contribution in [3.63, 3.8) is 0 Å². The fourth-order valence-electron chi connectivity index (χ4n) is 1.68. The number of carbonyl (C=O) groups is 2. The standard InChI is InChI=1S/C12H12N4O3.ClH/c1-14-12(13)16-10(17)9-5-7-6(11(18)19)3-2-4-8(7)15-9;/h2-5,15H,1H3,(H,18,19)(H3,13,14,16,17);1H. The Morgan fingerprint density at radius 2 is 2.10 bits per heavy atom. The van der Waals surface area contributed by atoms with E-state index in [9.17, 15) is 9.59 Å². The molecule has 1 aromatic heterocycles. The fourth-order valence-corrected chi connectivity index (χ4v) is 1.68. The van der Waals surface area contributed by atoms with Gasteiger partial charge in [-0.25, -0.2) is 4.79 Å². The molecular weight excluding hydrogens is 284 g/mol. The number of carboxylic acid groups (broad SMARTS) is 1. The second-order valence-electron chi connectivity index (χ2n) is 3.81. The minimum atomic E-state index is -1.05. The van der Waals surface area contributed by atoms with Crippen molar-refractivity contribution in [2.24, 2.45) is 10.7 Å². The predicted molar refractivity (Wildman–Crippen MR) is 77.5 cm³/mol. The van der Waals surface area contributed by atoms with Gasteiger partial charge in [-0.1, -0.05) is 6.07 Å². The average molecular weight is 297 g/mol. The van der Waals surface area contributed by atoms with Gasteiger partial charge in [-0.3, -0.25) is 4.79 Å². The van der Waals surface area contributed by atoms with E-state index in [2.05, 4.69) is 15.3 Å². The molecule has 2 rings (SSSR count). The number of rotatable bonds is 2. The Bertz CT molecular complexity index is 693. The first-order valence-electron chi connectivity index (χ1n) is 5.44. The second kappa shape index (κ2) is 6.07. The number of nitrogens with two attached hydrogens (primary N) is 1. The van der Waals surface area contributed by atoms with E-state index in [0.29, 0.717) is 10.9 Å². The van der Waals surface area contributed by atoms with Crippen LogP contribution in [0.3, 0.4) is 0 Å². The van der Waals surface area contributed by atoms with Crippen molar-refractivity contribution >= 4 is 41.1 Å². The van der Waals surface area contributed by atoms with Gasteiger partial charge in [-0.15, -0.1) is 12.4 Å². The van der Waals surface area contributed by atoms with Gasteiger partial charge in [0.15, 0.2) is 5.96 Å². The van der Waals surface area contributed by atoms with Crippen LogP contribution in [0.15, 0.2) is 29.3 Å². The van der Waals surface area contributed by atoms with Gasteiger partial charge in [0.05, 0.1) is 5.56 Å². The number of aromatic carboxylic acids is 1. The molecule has 0 spiro atoms. The van der Waals surface area contributed by atoms with Gasteiger partial charge in [-0.2, -0.15) is 4.99 Å². The van der Waals surface area contributed by atoms with Crippen LogP contribution in [0.1, 0.15) is 20.8 Å². The molecule has 0 aliphatic heterocycles. The molecule has 0 bridgehead atoms. The van der Waals surface area contributed by atoms with E-state index in [1.807, 2.05) is 0 Å². The summed E-state index contributed by atoms with van der Waals surface area (Å²) in [5, 5.41) is 12.0. The average Bonchev–Trinajstić information content (AvgIpc) is 2.81. The molecule has 20 heavy (non-hydrogen) atoms. The Kier molecular flexibility index (Phi) is 4.71. The summed E-state index contributed by atoms with van der Waals surface area (Å²) in [5.74, 6) is -1.64. The van der Waals surface area contributed by atoms with Crippen LogP contribution in [0.25, 0.3) is 10.9 Å². The third-order valence-electron chi connectivity index (χ3n) is 2.60. The summed E-state index contributed by atoms with van der Waals surface area (Å²) < 4.78 is 0. The number of hydrogen-bond acceptors (Lipinski definition) is 2. The summed E-state index contributed by atoms with van der Waals surface area (Å²) in [6.07, 6.45) is 0. The van der Waals surface area contributed by atoms with Crippen LogP contribution in [0.4, 0.5) is 0 Å². The number of halogens is 1. The van der Waals surface area contributed by atoms with Crippen molar-refractivity contribution in [3.05, 3.63) is 35.5 Å². The van der Waals surface area contributed by atoms with Crippen molar-refractivity contribution in [2.75, 3.05) is 7.05 Å². The van der Waals surface area contributed by atoms with Crippen LogP contribution in [0.2, 0.25) is 0 Å². The number of nitrogens with zero attached hydrogens (tertiary/aromatic N) is 1. The number of nitrogens with one attached hydrogen (secondary N) is 2. The molecule has 0 fully saturated rings. The maximum Gasteiger partial charge on any atom is 0.336 e. The van der Waals surface area contributed by atoms with Gasteiger partial charge in [-0.05, 0) is 18.2 Å². The highest BCUT2D eigenvalue weighted by molar-refractivity contribution is 6.08. The largest absolute Gasteiger partial charge is 0.478 e. The number of carbonyl (C=O) groups excluding carboxylic acids is 1. The normalized spacial score (nSPS) is 10.9. The number of hydrogen-bond donors (Lipinski definition) is 4. The predicted octanol–water partition coefficient (Wildman–Crippen LogP) is 0.962. The van der Waals surface area contributed by atoms with Crippen LogP contribution in [0.5, 0.6) is 0 Å². The lowest BCUT2D eigenvalue weighted by molar-refractivity contribution is 0.0698. The van der Waals surface area contributed by atoms with Crippen LogP contribution in [-0.4, -0.2) is 35.0 Å². The molecule has 5 N–H and O–H groups in total. The van der Waals surface area contributed by atoms with Crippen molar-refractivity contribution in [2.45, 2.75) is 0 Å². The first-order chi connectivity index (χ1) is 9.02. The molecule has 1 aromatic carbocycles. The highest BCUT2D eigenvalue weighted by Gasteiger charge is 2.14. The molecule has 0 aliphatic rings. The lowest BCUT2D eigenvalue weighted by atomic mass is 10.1. The summed E-state index contributed by atoms with van der Waals surface area (Å²) >= 11 is 0. The van der Waals surface area contributed by atoms with Gasteiger partial charge >= 0.3 is 5.97 Å². The van der Waals surface area contributed by atoms with Crippen molar-refractivity contribution in [3.8, 4) is 0 Å². The van der Waals surface area contributed by atoms with Crippen LogP contribution in [0, 0.1) is 0 Å². The molecule has 2 aromatic rings. The number of benzene rings is 1. The van der Waals surface area contributed by atoms with E-state index in [1.54, 1.807) is 19.2 Å². The number of aromatic amines is 1. The number of H-pyrrole nitrogens is 1. The lowest BCUT2D eigenvalue weighted by Gasteiger charge is -1.95. The Labute approximate surface area is 120 Å². The molecule has 1 heterocycles. The van der Waals surface area contributed by atoms with Crippen molar-refractivity contribution in [1.29, 1.82) is 0 Å². The number of amides is 1. The highest BCUT2D eigenvalue weighted by Crippen LogP contribution is 2.20. The second-order valence-corrected chi connectivity index (χ2v) is 3.81. The topological polar surface area (TPSA) is 121 Å². The van der Waals surface area contributed by atoms with Gasteiger partial charge in [0, 0.05) is 18.0 Å². The SMILES string of the molecule is CNC(N)=NC(=O)c1cc2c(C(=O)O)cccc2[nH]1.Cl. The van der Waals surface area contributed by atoms with Crippen LogP contribution >= 0.6 is 12.4 Å². The Balaban J connectivity index is 0.00000200. The van der Waals surface area contributed by atoms with E-state index in [1.165, 1.54) is 12.1 Å². The Hall–Kier alpha value is -2.54. The molecule has 1 amide bonds. The number of aliphatic imine (C=N–C) groups is 1. The molecule has 0 saturated carbocycles. The fraction of sp³-hybridized carbons (Fsp3) is 0.0833. The zero-order chi connectivity index (χ0) is 14.0. The van der Waals surface area contributed by atoms with Crippen molar-refractivity contribution < 1.29 is 14.7 Å². The van der Waals surface area contributed by atoms with E-state index in [-0.39, 0.29) is 29.6 Å². The van der Waals surface area contributed by atoms with E-state index in [0.717, 1.165) is 0 Å². The molecule has 106 valence electrons. The van der Waals surface area contributed by atoms with Gasteiger partial charge in [0.1, 0.15) is 5.69 Å². The van der Waals surface area contributed by atoms with Crippen molar-refractivity contribution in [1.82, 2.24) is 10.3 Å². The number of fused-ring (bicyclic) bond motifs is 1. The zero-order valence-corrected chi connectivity index (χ0v) is 11.3. The first kappa shape index (κ1) is 15.5. The molecule has 8 heteroatoms. The van der Waals surface area contributed by atoms with Gasteiger partial charge < -0.3 is 21.1 Å². The summed E-state index contributed by atoms with van der Waals surface area (Å²) in [6.45, 7) is 0. The first-order valence-corrected chi connectivity index (χ1v) is 5.44. The maximum absolute atomic E-state index is 11.8. The number of aromatic nitrogens is 1. The molecule has 0 unspecified atom stereocenters. The molecule has 0 radical (unpaired) electrons. The minimum Gasteiger partial charge on any atom is -0.478 e. The summed E-state index contributed by atoms with van der Waals surface area (Å²) in [4.78, 5) is 29.3. The van der Waals surface area contributed by atoms with Gasteiger partial charge in [0.25, 0.3) is 5.91 Å². The third-order valence-corrected chi connectivity index (χ3v) is 2.60. The zero-order valence-electron chi connectivity index (χ0n) is 10.5. The number of guanidine groups is 1. The third kappa shape index (κ3) is 2.89. The van der Waals surface area contributed by atoms with E-state index >= 15 is 0 Å². The summed E-state index contributed by atoms with van der Waals surface area (Å²) in [7, 11) is 1.54. The lowest BCUT2D eigenvalue weighted by Crippen LogP contribution is -2.28. The van der Waals surface area contributed by atoms with E-state index < -0.39 is 11.9 Å². The monoisotopic (exact) mass is 296 g/mol.